The summed E-state index contributed by atoms with van der Waals surface area (Å²) in [5, 5.41) is 12.9. The van der Waals surface area contributed by atoms with Crippen molar-refractivity contribution in [2.75, 3.05) is 0 Å². The first-order chi connectivity index (χ1) is 9.54. The third kappa shape index (κ3) is 2.36. The number of fused-ring (bicyclic) bond motifs is 3. The summed E-state index contributed by atoms with van der Waals surface area (Å²) in [5.74, 6) is -0.111. The van der Waals surface area contributed by atoms with E-state index in [-0.39, 0.29) is 12.5 Å². The Morgan fingerprint density at radius 2 is 2.35 bits per heavy atom. The summed E-state index contributed by atoms with van der Waals surface area (Å²) in [7, 11) is 0. The summed E-state index contributed by atoms with van der Waals surface area (Å²) in [6, 6.07) is 3.96. The Hall–Kier alpha value is -1.66. The number of ether oxygens (including phenoxy) is 1. The topological polar surface area (TPSA) is 59.4 Å². The summed E-state index contributed by atoms with van der Waals surface area (Å²) in [5.41, 5.74) is 1.01. The molecule has 3 rings (SSSR count). The van der Waals surface area contributed by atoms with Crippen LogP contribution < -0.4 is 4.74 Å². The molecule has 0 spiro atoms. The van der Waals surface area contributed by atoms with E-state index >= 15 is 0 Å². The average molecular weight is 307 g/mol. The van der Waals surface area contributed by atoms with Crippen LogP contribution in [0.15, 0.2) is 17.5 Å². The summed E-state index contributed by atoms with van der Waals surface area (Å²) in [6.45, 7) is 3.76. The van der Waals surface area contributed by atoms with Crippen LogP contribution in [0.25, 0.3) is 20.3 Å². The SMILES string of the molecule is Cc1nc2c(cc(O[C@H](C)CC(=O)O)c3ccsc32)s1. The first-order valence-electron chi connectivity index (χ1n) is 6.20. The number of carbonyl (C=O) groups is 1. The van der Waals surface area contributed by atoms with Crippen LogP contribution in [0.4, 0.5) is 0 Å². The molecule has 1 aromatic carbocycles. The fourth-order valence-electron chi connectivity index (χ4n) is 2.19. The Balaban J connectivity index is 2.08. The van der Waals surface area contributed by atoms with Gasteiger partial charge in [0.15, 0.2) is 0 Å². The summed E-state index contributed by atoms with van der Waals surface area (Å²) >= 11 is 3.26. The monoisotopic (exact) mass is 307 g/mol. The van der Waals surface area contributed by atoms with E-state index in [2.05, 4.69) is 4.98 Å². The van der Waals surface area contributed by atoms with Crippen molar-refractivity contribution in [1.82, 2.24) is 4.98 Å². The van der Waals surface area contributed by atoms with E-state index in [1.165, 1.54) is 0 Å². The molecule has 3 aromatic rings. The van der Waals surface area contributed by atoms with Gasteiger partial charge in [-0.2, -0.15) is 0 Å². The lowest BCUT2D eigenvalue weighted by Crippen LogP contribution is -2.16. The zero-order valence-electron chi connectivity index (χ0n) is 11.0. The molecule has 0 aliphatic rings. The second kappa shape index (κ2) is 5.03. The Morgan fingerprint density at radius 1 is 1.55 bits per heavy atom. The van der Waals surface area contributed by atoms with Crippen molar-refractivity contribution in [2.24, 2.45) is 0 Å². The fraction of sp³-hybridized carbons (Fsp3) is 0.286. The molecule has 0 aliphatic carbocycles. The van der Waals surface area contributed by atoms with E-state index in [1.807, 2.05) is 24.4 Å². The van der Waals surface area contributed by atoms with Crippen molar-refractivity contribution in [1.29, 1.82) is 0 Å². The largest absolute Gasteiger partial charge is 0.489 e. The van der Waals surface area contributed by atoms with Gasteiger partial charge in [0.2, 0.25) is 0 Å². The van der Waals surface area contributed by atoms with Crippen molar-refractivity contribution in [3.63, 3.8) is 0 Å². The Morgan fingerprint density at radius 3 is 3.10 bits per heavy atom. The molecule has 0 saturated heterocycles. The maximum Gasteiger partial charge on any atom is 0.307 e. The molecule has 6 heteroatoms. The van der Waals surface area contributed by atoms with E-state index in [1.54, 1.807) is 29.6 Å². The standard InChI is InChI=1S/C14H13NO3S2/c1-7(5-12(16)17)18-10-6-11-13(15-8(2)20-11)14-9(10)3-4-19-14/h3-4,6-7H,5H2,1-2H3,(H,16,17)/t7-/m1/s1. The number of aromatic nitrogens is 1. The number of carboxylic acids is 1. The van der Waals surface area contributed by atoms with E-state index in [4.69, 9.17) is 9.84 Å². The summed E-state index contributed by atoms with van der Waals surface area (Å²) in [6.07, 6.45) is -0.368. The van der Waals surface area contributed by atoms with Crippen LogP contribution in [0.2, 0.25) is 0 Å². The third-order valence-electron chi connectivity index (χ3n) is 2.96. The van der Waals surface area contributed by atoms with Crippen LogP contribution in [0, 0.1) is 6.92 Å². The minimum absolute atomic E-state index is 0.00855. The highest BCUT2D eigenvalue weighted by molar-refractivity contribution is 7.21. The van der Waals surface area contributed by atoms with Crippen LogP contribution in [0.3, 0.4) is 0 Å². The molecule has 0 amide bonds. The van der Waals surface area contributed by atoms with Gasteiger partial charge in [-0.1, -0.05) is 0 Å². The maximum absolute atomic E-state index is 10.7. The molecule has 2 heterocycles. The zero-order valence-corrected chi connectivity index (χ0v) is 12.7. The van der Waals surface area contributed by atoms with Crippen molar-refractivity contribution in [3.8, 4) is 5.75 Å². The predicted octanol–water partition coefficient (Wildman–Crippen LogP) is 4.06. The lowest BCUT2D eigenvalue weighted by Gasteiger charge is -2.13. The second-order valence-electron chi connectivity index (χ2n) is 4.64. The minimum Gasteiger partial charge on any atom is -0.489 e. The number of benzene rings is 1. The fourth-order valence-corrected chi connectivity index (χ4v) is 4.02. The molecule has 0 saturated carbocycles. The molecule has 0 aliphatic heterocycles. The number of aryl methyl sites for hydroxylation is 1. The molecule has 104 valence electrons. The highest BCUT2D eigenvalue weighted by Crippen LogP contribution is 2.39. The maximum atomic E-state index is 10.7. The predicted molar refractivity (Wildman–Crippen MR) is 82.1 cm³/mol. The number of hydrogen-bond donors (Lipinski definition) is 1. The number of nitrogens with zero attached hydrogens (tertiary/aromatic N) is 1. The molecule has 0 unspecified atom stereocenters. The van der Waals surface area contributed by atoms with Gasteiger partial charge in [0, 0.05) is 11.5 Å². The molecule has 0 bridgehead atoms. The first-order valence-corrected chi connectivity index (χ1v) is 7.90. The second-order valence-corrected chi connectivity index (χ2v) is 6.79. The third-order valence-corrected chi connectivity index (χ3v) is 4.80. The van der Waals surface area contributed by atoms with Gasteiger partial charge in [-0.05, 0) is 25.3 Å². The Bertz CT molecular complexity index is 790. The highest BCUT2D eigenvalue weighted by Gasteiger charge is 2.15. The van der Waals surface area contributed by atoms with Gasteiger partial charge in [-0.25, -0.2) is 4.98 Å². The molecule has 2 aromatic heterocycles. The van der Waals surface area contributed by atoms with E-state index < -0.39 is 5.97 Å². The highest BCUT2D eigenvalue weighted by atomic mass is 32.1. The molecule has 20 heavy (non-hydrogen) atoms. The van der Waals surface area contributed by atoms with E-state index in [0.29, 0.717) is 0 Å². The number of thiazole rings is 1. The van der Waals surface area contributed by atoms with Crippen LogP contribution in [0.1, 0.15) is 18.4 Å². The number of carboxylic acid groups (broad SMARTS) is 1. The first kappa shape index (κ1) is 13.3. The number of aliphatic carboxylic acids is 1. The van der Waals surface area contributed by atoms with Gasteiger partial charge in [0.1, 0.15) is 11.9 Å². The molecular weight excluding hydrogens is 294 g/mol. The number of thiophene rings is 1. The molecule has 4 nitrogen and oxygen atoms in total. The molecular formula is C14H13NO3S2. The van der Waals surface area contributed by atoms with Crippen LogP contribution in [-0.2, 0) is 4.79 Å². The van der Waals surface area contributed by atoms with Crippen molar-refractivity contribution in [3.05, 3.63) is 22.5 Å². The minimum atomic E-state index is -0.853. The molecule has 1 atom stereocenters. The lowest BCUT2D eigenvalue weighted by molar-refractivity contribution is -0.138. The van der Waals surface area contributed by atoms with Gasteiger partial charge in [-0.15, -0.1) is 22.7 Å². The van der Waals surface area contributed by atoms with Crippen LogP contribution >= 0.6 is 22.7 Å². The van der Waals surface area contributed by atoms with E-state index in [9.17, 15) is 4.79 Å². The van der Waals surface area contributed by atoms with Gasteiger partial charge in [0.05, 0.1) is 26.3 Å². The van der Waals surface area contributed by atoms with Crippen molar-refractivity contribution >= 4 is 48.9 Å². The average Bonchev–Trinajstić information content (AvgIpc) is 2.92. The van der Waals surface area contributed by atoms with Crippen LogP contribution in [-0.4, -0.2) is 22.2 Å². The van der Waals surface area contributed by atoms with Crippen molar-refractivity contribution < 1.29 is 14.6 Å². The van der Waals surface area contributed by atoms with Gasteiger partial charge in [0.25, 0.3) is 0 Å². The van der Waals surface area contributed by atoms with Gasteiger partial charge in [-0.3, -0.25) is 4.79 Å². The zero-order chi connectivity index (χ0) is 14.3. The molecule has 0 fully saturated rings. The number of rotatable bonds is 4. The Kier molecular flexibility index (Phi) is 3.35. The van der Waals surface area contributed by atoms with Crippen LogP contribution in [0.5, 0.6) is 5.75 Å². The normalized spacial score (nSPS) is 12.9. The summed E-state index contributed by atoms with van der Waals surface area (Å²) < 4.78 is 8.00. The van der Waals surface area contributed by atoms with Gasteiger partial charge >= 0.3 is 5.97 Å². The molecule has 1 N–H and O–H groups in total. The number of hydrogen-bond acceptors (Lipinski definition) is 5. The smallest absolute Gasteiger partial charge is 0.307 e. The van der Waals surface area contributed by atoms with E-state index in [0.717, 1.165) is 31.1 Å². The van der Waals surface area contributed by atoms with Crippen molar-refractivity contribution in [2.45, 2.75) is 26.4 Å². The van der Waals surface area contributed by atoms with Gasteiger partial charge < -0.3 is 9.84 Å². The molecule has 0 radical (unpaired) electrons. The lowest BCUT2D eigenvalue weighted by atomic mass is 10.2. The quantitative estimate of drug-likeness (QED) is 0.789. The summed E-state index contributed by atoms with van der Waals surface area (Å²) in [4.78, 5) is 15.3. The Labute approximate surface area is 123 Å².